The maximum Gasteiger partial charge on any atom is 0.257 e. The maximum absolute atomic E-state index is 12.3. The molecule has 0 bridgehead atoms. The number of aromatic hydroxyl groups is 1. The number of piperidine rings is 1. The zero-order valence-electron chi connectivity index (χ0n) is 9.82. The van der Waals surface area contributed by atoms with Gasteiger partial charge in [0.05, 0.1) is 5.56 Å². The quantitative estimate of drug-likeness (QED) is 0.865. The summed E-state index contributed by atoms with van der Waals surface area (Å²) in [7, 11) is 0. The van der Waals surface area contributed by atoms with E-state index in [1.807, 2.05) is 4.90 Å². The van der Waals surface area contributed by atoms with Gasteiger partial charge in [0.15, 0.2) is 0 Å². The number of hydrogen-bond donors (Lipinski definition) is 1. The third-order valence-electron chi connectivity index (χ3n) is 3.13. The van der Waals surface area contributed by atoms with E-state index in [4.69, 9.17) is 0 Å². The maximum atomic E-state index is 12.3. The van der Waals surface area contributed by atoms with Gasteiger partial charge in [-0.05, 0) is 37.0 Å². The van der Waals surface area contributed by atoms with Gasteiger partial charge >= 0.3 is 0 Å². The van der Waals surface area contributed by atoms with Crippen molar-refractivity contribution in [1.82, 2.24) is 4.90 Å². The Kier molecular flexibility index (Phi) is 3.72. The zero-order chi connectivity index (χ0) is 12.4. The van der Waals surface area contributed by atoms with Gasteiger partial charge in [0, 0.05) is 17.6 Å². The second kappa shape index (κ2) is 5.08. The van der Waals surface area contributed by atoms with E-state index in [9.17, 15) is 9.90 Å². The average Bonchev–Trinajstić information content (AvgIpc) is 2.31. The molecule has 2 rings (SSSR count). The van der Waals surface area contributed by atoms with Gasteiger partial charge in [0.1, 0.15) is 5.75 Å². The molecule has 0 aromatic heterocycles. The fourth-order valence-corrected chi connectivity index (χ4v) is 2.58. The van der Waals surface area contributed by atoms with Gasteiger partial charge in [0.2, 0.25) is 0 Å². The van der Waals surface area contributed by atoms with Crippen molar-refractivity contribution in [2.24, 2.45) is 5.92 Å². The molecule has 1 fully saturated rings. The molecule has 1 aliphatic heterocycles. The zero-order valence-corrected chi connectivity index (χ0v) is 11.4. The van der Waals surface area contributed by atoms with Gasteiger partial charge in [-0.3, -0.25) is 4.79 Å². The predicted octanol–water partition coefficient (Wildman–Crippen LogP) is 3.03. The first-order chi connectivity index (χ1) is 8.08. The lowest BCUT2D eigenvalue weighted by atomic mass is 9.99. The van der Waals surface area contributed by atoms with Crippen molar-refractivity contribution in [1.29, 1.82) is 0 Å². The van der Waals surface area contributed by atoms with Crippen LogP contribution in [0.1, 0.15) is 30.1 Å². The summed E-state index contributed by atoms with van der Waals surface area (Å²) in [5.41, 5.74) is 0.383. The molecule has 17 heavy (non-hydrogen) atoms. The van der Waals surface area contributed by atoms with Crippen molar-refractivity contribution in [2.45, 2.75) is 19.8 Å². The van der Waals surface area contributed by atoms with Crippen LogP contribution in [0.4, 0.5) is 0 Å². The number of amides is 1. The first kappa shape index (κ1) is 12.4. The highest BCUT2D eigenvalue weighted by Gasteiger charge is 2.23. The molecule has 1 aliphatic rings. The molecule has 1 unspecified atom stereocenters. The number of carbonyl (C=O) groups is 1. The number of halogens is 1. The minimum atomic E-state index is -0.0737. The normalized spacial score (nSPS) is 20.4. The molecule has 1 aromatic carbocycles. The first-order valence-corrected chi connectivity index (χ1v) is 6.65. The highest BCUT2D eigenvalue weighted by atomic mass is 79.9. The molecule has 0 spiro atoms. The molecule has 92 valence electrons. The van der Waals surface area contributed by atoms with Crippen molar-refractivity contribution in [2.75, 3.05) is 13.1 Å². The van der Waals surface area contributed by atoms with E-state index in [0.29, 0.717) is 11.5 Å². The number of rotatable bonds is 1. The number of likely N-dealkylation sites (tertiary alicyclic amines) is 1. The minimum Gasteiger partial charge on any atom is -0.507 e. The molecule has 1 atom stereocenters. The Hall–Kier alpha value is -1.03. The van der Waals surface area contributed by atoms with Gasteiger partial charge in [-0.1, -0.05) is 22.9 Å². The van der Waals surface area contributed by atoms with Crippen molar-refractivity contribution in [3.05, 3.63) is 28.2 Å². The van der Waals surface area contributed by atoms with Crippen molar-refractivity contribution in [3.8, 4) is 5.75 Å². The van der Waals surface area contributed by atoms with Crippen LogP contribution >= 0.6 is 15.9 Å². The van der Waals surface area contributed by atoms with Crippen LogP contribution in [0.3, 0.4) is 0 Å². The molecule has 1 aromatic rings. The SMILES string of the molecule is CC1CCCN(C(=O)c2cc(Br)ccc2O)C1. The fourth-order valence-electron chi connectivity index (χ4n) is 2.22. The fraction of sp³-hybridized carbons (Fsp3) is 0.462. The molecule has 3 nitrogen and oxygen atoms in total. The minimum absolute atomic E-state index is 0.0522. The molecule has 4 heteroatoms. The van der Waals surface area contributed by atoms with E-state index >= 15 is 0 Å². The Bertz CT molecular complexity index is 433. The summed E-state index contributed by atoms with van der Waals surface area (Å²) >= 11 is 3.32. The van der Waals surface area contributed by atoms with Gasteiger partial charge in [-0.2, -0.15) is 0 Å². The Morgan fingerprint density at radius 1 is 1.53 bits per heavy atom. The van der Waals surface area contributed by atoms with Crippen molar-refractivity contribution >= 4 is 21.8 Å². The Labute approximate surface area is 110 Å². The largest absolute Gasteiger partial charge is 0.507 e. The van der Waals surface area contributed by atoms with Crippen LogP contribution < -0.4 is 0 Å². The predicted molar refractivity (Wildman–Crippen MR) is 70.1 cm³/mol. The van der Waals surface area contributed by atoms with Crippen LogP contribution in [-0.4, -0.2) is 29.0 Å². The van der Waals surface area contributed by atoms with Gasteiger partial charge in [-0.15, -0.1) is 0 Å². The Balaban J connectivity index is 2.21. The lowest BCUT2D eigenvalue weighted by Crippen LogP contribution is -2.39. The number of benzene rings is 1. The van der Waals surface area contributed by atoms with Crippen LogP contribution in [-0.2, 0) is 0 Å². The number of carbonyl (C=O) groups excluding carboxylic acids is 1. The molecule has 0 radical (unpaired) electrons. The first-order valence-electron chi connectivity index (χ1n) is 5.85. The molecule has 1 heterocycles. The van der Waals surface area contributed by atoms with Crippen molar-refractivity contribution < 1.29 is 9.90 Å². The average molecular weight is 298 g/mol. The second-order valence-electron chi connectivity index (χ2n) is 4.66. The smallest absolute Gasteiger partial charge is 0.257 e. The lowest BCUT2D eigenvalue weighted by Gasteiger charge is -2.31. The van der Waals surface area contributed by atoms with Crippen LogP contribution in [0.25, 0.3) is 0 Å². The summed E-state index contributed by atoms with van der Waals surface area (Å²) in [5.74, 6) is 0.522. The van der Waals surface area contributed by atoms with E-state index in [1.165, 1.54) is 6.42 Å². The topological polar surface area (TPSA) is 40.5 Å². The lowest BCUT2D eigenvalue weighted by molar-refractivity contribution is 0.0680. The Morgan fingerprint density at radius 2 is 2.29 bits per heavy atom. The summed E-state index contributed by atoms with van der Waals surface area (Å²) in [6.45, 7) is 3.72. The van der Waals surface area contributed by atoms with E-state index in [2.05, 4.69) is 22.9 Å². The molecule has 0 saturated carbocycles. The number of phenolic OH excluding ortho intramolecular Hbond substituents is 1. The molecule has 0 aliphatic carbocycles. The van der Waals surface area contributed by atoms with Gasteiger partial charge in [0.25, 0.3) is 5.91 Å². The summed E-state index contributed by atoms with van der Waals surface area (Å²) < 4.78 is 0.809. The molecule has 1 N–H and O–H groups in total. The number of nitrogens with zero attached hydrogens (tertiary/aromatic N) is 1. The van der Waals surface area contributed by atoms with E-state index < -0.39 is 0 Å². The van der Waals surface area contributed by atoms with Crippen LogP contribution in [0.15, 0.2) is 22.7 Å². The number of phenols is 1. The summed E-state index contributed by atoms with van der Waals surface area (Å²) in [6.07, 6.45) is 2.22. The monoisotopic (exact) mass is 297 g/mol. The second-order valence-corrected chi connectivity index (χ2v) is 5.58. The highest BCUT2D eigenvalue weighted by molar-refractivity contribution is 9.10. The van der Waals surface area contributed by atoms with Crippen LogP contribution in [0, 0.1) is 5.92 Å². The van der Waals surface area contributed by atoms with Gasteiger partial charge < -0.3 is 10.0 Å². The third kappa shape index (κ3) is 2.80. The summed E-state index contributed by atoms with van der Waals surface area (Å²) in [5, 5.41) is 9.73. The summed E-state index contributed by atoms with van der Waals surface area (Å²) in [6, 6.07) is 4.95. The van der Waals surface area contributed by atoms with Crippen molar-refractivity contribution in [3.63, 3.8) is 0 Å². The van der Waals surface area contributed by atoms with Crippen LogP contribution in [0.5, 0.6) is 5.75 Å². The molecule has 1 amide bonds. The highest BCUT2D eigenvalue weighted by Crippen LogP contribution is 2.25. The Morgan fingerprint density at radius 3 is 3.00 bits per heavy atom. The van der Waals surface area contributed by atoms with Gasteiger partial charge in [-0.25, -0.2) is 0 Å². The van der Waals surface area contributed by atoms with E-state index in [1.54, 1.807) is 18.2 Å². The van der Waals surface area contributed by atoms with E-state index in [-0.39, 0.29) is 11.7 Å². The number of hydrogen-bond acceptors (Lipinski definition) is 2. The van der Waals surface area contributed by atoms with E-state index in [0.717, 1.165) is 24.0 Å². The standard InChI is InChI=1S/C13H16BrNO2/c1-9-3-2-6-15(8-9)13(17)11-7-10(14)4-5-12(11)16/h4-5,7,9,16H,2-3,6,8H2,1H3. The molecular formula is C13H16BrNO2. The van der Waals surface area contributed by atoms with Crippen LogP contribution in [0.2, 0.25) is 0 Å². The summed E-state index contributed by atoms with van der Waals surface area (Å²) in [4.78, 5) is 14.1. The third-order valence-corrected chi connectivity index (χ3v) is 3.63. The molecule has 1 saturated heterocycles. The molecular weight excluding hydrogens is 282 g/mol.